The molecule has 2 aromatic rings. The number of amides is 2. The van der Waals surface area contributed by atoms with E-state index >= 15 is 0 Å². The summed E-state index contributed by atoms with van der Waals surface area (Å²) < 4.78 is 5.66. The molecule has 1 heterocycles. The SMILES string of the molecule is Cc1cc(CNC(=O)N2CC(COc3ccc(O)cc3)C2)ccc1Cl. The molecule has 0 aromatic heterocycles. The molecule has 0 radical (unpaired) electrons. The molecule has 0 bridgehead atoms. The van der Waals surface area contributed by atoms with Gasteiger partial charge < -0.3 is 20.1 Å². The summed E-state index contributed by atoms with van der Waals surface area (Å²) in [7, 11) is 0. The number of hydrogen-bond donors (Lipinski definition) is 2. The summed E-state index contributed by atoms with van der Waals surface area (Å²) >= 11 is 6.00. The van der Waals surface area contributed by atoms with E-state index in [0.29, 0.717) is 32.2 Å². The fraction of sp³-hybridized carbons (Fsp3) is 0.316. The third kappa shape index (κ3) is 4.57. The van der Waals surface area contributed by atoms with Crippen LogP contribution >= 0.6 is 11.6 Å². The number of aromatic hydroxyl groups is 1. The van der Waals surface area contributed by atoms with E-state index in [0.717, 1.165) is 21.9 Å². The Labute approximate surface area is 152 Å². The van der Waals surface area contributed by atoms with Gasteiger partial charge in [-0.1, -0.05) is 23.7 Å². The third-order valence-electron chi connectivity index (χ3n) is 4.23. The first kappa shape index (κ1) is 17.4. The second-order valence-corrected chi connectivity index (χ2v) is 6.73. The van der Waals surface area contributed by atoms with Crippen LogP contribution in [0.1, 0.15) is 11.1 Å². The van der Waals surface area contributed by atoms with E-state index in [1.807, 2.05) is 25.1 Å². The highest BCUT2D eigenvalue weighted by molar-refractivity contribution is 6.31. The molecule has 2 aromatic carbocycles. The van der Waals surface area contributed by atoms with Crippen LogP contribution in [0, 0.1) is 12.8 Å². The predicted molar refractivity (Wildman–Crippen MR) is 97.1 cm³/mol. The molecule has 2 amide bonds. The van der Waals surface area contributed by atoms with Gasteiger partial charge in [0.1, 0.15) is 11.5 Å². The Morgan fingerprint density at radius 2 is 2.00 bits per heavy atom. The zero-order chi connectivity index (χ0) is 17.8. The molecule has 0 spiro atoms. The van der Waals surface area contributed by atoms with Gasteiger partial charge in [-0.2, -0.15) is 0 Å². The second-order valence-electron chi connectivity index (χ2n) is 6.32. The summed E-state index contributed by atoms with van der Waals surface area (Å²) in [6.07, 6.45) is 0. The third-order valence-corrected chi connectivity index (χ3v) is 4.66. The van der Waals surface area contributed by atoms with Gasteiger partial charge in [0.25, 0.3) is 0 Å². The number of halogens is 1. The number of aryl methyl sites for hydroxylation is 1. The van der Waals surface area contributed by atoms with Crippen molar-refractivity contribution in [2.45, 2.75) is 13.5 Å². The van der Waals surface area contributed by atoms with Crippen molar-refractivity contribution in [3.63, 3.8) is 0 Å². The number of urea groups is 1. The quantitative estimate of drug-likeness (QED) is 0.856. The van der Waals surface area contributed by atoms with Gasteiger partial charge in [0, 0.05) is 30.6 Å². The first-order valence-corrected chi connectivity index (χ1v) is 8.58. The molecule has 0 unspecified atom stereocenters. The van der Waals surface area contributed by atoms with E-state index in [1.54, 1.807) is 29.2 Å². The highest BCUT2D eigenvalue weighted by Gasteiger charge is 2.30. The van der Waals surface area contributed by atoms with E-state index in [-0.39, 0.29) is 11.8 Å². The summed E-state index contributed by atoms with van der Waals surface area (Å²) in [5, 5.41) is 12.9. The minimum Gasteiger partial charge on any atom is -0.508 e. The minimum absolute atomic E-state index is 0.0616. The highest BCUT2D eigenvalue weighted by Crippen LogP contribution is 2.20. The molecule has 0 saturated carbocycles. The van der Waals surface area contributed by atoms with Crippen molar-refractivity contribution < 1.29 is 14.6 Å². The van der Waals surface area contributed by atoms with Crippen LogP contribution in [0.3, 0.4) is 0 Å². The number of nitrogens with one attached hydrogen (secondary N) is 1. The smallest absolute Gasteiger partial charge is 0.317 e. The number of phenolic OH excluding ortho intramolecular Hbond substituents is 1. The zero-order valence-corrected chi connectivity index (χ0v) is 14.8. The van der Waals surface area contributed by atoms with Crippen molar-refractivity contribution in [2.75, 3.05) is 19.7 Å². The Hall–Kier alpha value is -2.40. The average molecular weight is 361 g/mol. The van der Waals surface area contributed by atoms with Crippen LogP contribution in [0.4, 0.5) is 4.79 Å². The minimum atomic E-state index is -0.0616. The summed E-state index contributed by atoms with van der Waals surface area (Å²) in [6.45, 7) is 4.36. The summed E-state index contributed by atoms with van der Waals surface area (Å²) in [6, 6.07) is 12.3. The van der Waals surface area contributed by atoms with E-state index < -0.39 is 0 Å². The van der Waals surface area contributed by atoms with Crippen molar-refractivity contribution in [1.82, 2.24) is 10.2 Å². The molecule has 5 nitrogen and oxygen atoms in total. The molecule has 1 aliphatic heterocycles. The molecule has 1 aliphatic rings. The summed E-state index contributed by atoms with van der Waals surface area (Å²) in [5.74, 6) is 1.27. The van der Waals surface area contributed by atoms with E-state index in [1.165, 1.54) is 0 Å². The first-order chi connectivity index (χ1) is 12.0. The van der Waals surface area contributed by atoms with Gasteiger partial charge in [-0.25, -0.2) is 4.79 Å². The fourth-order valence-corrected chi connectivity index (χ4v) is 2.82. The molecule has 0 atom stereocenters. The van der Waals surface area contributed by atoms with Crippen molar-refractivity contribution >= 4 is 17.6 Å². The molecule has 2 N–H and O–H groups in total. The van der Waals surface area contributed by atoms with Crippen LogP contribution in [0.25, 0.3) is 0 Å². The second kappa shape index (κ2) is 7.66. The van der Waals surface area contributed by atoms with Gasteiger partial charge in [-0.15, -0.1) is 0 Å². The highest BCUT2D eigenvalue weighted by atomic mass is 35.5. The molecule has 6 heteroatoms. The molecular formula is C19H21ClN2O3. The van der Waals surface area contributed by atoms with Crippen molar-refractivity contribution in [2.24, 2.45) is 5.92 Å². The maximum absolute atomic E-state index is 12.1. The molecule has 3 rings (SSSR count). The van der Waals surface area contributed by atoms with E-state index in [4.69, 9.17) is 16.3 Å². The number of benzene rings is 2. The Morgan fingerprint density at radius 1 is 1.28 bits per heavy atom. The maximum atomic E-state index is 12.1. The Balaban J connectivity index is 1.37. The normalized spacial score (nSPS) is 14.1. The van der Waals surface area contributed by atoms with Gasteiger partial charge in [0.15, 0.2) is 0 Å². The van der Waals surface area contributed by atoms with Crippen molar-refractivity contribution in [3.05, 3.63) is 58.6 Å². The number of nitrogens with zero attached hydrogens (tertiary/aromatic N) is 1. The van der Waals surface area contributed by atoms with Crippen LogP contribution < -0.4 is 10.1 Å². The molecular weight excluding hydrogens is 340 g/mol. The Morgan fingerprint density at radius 3 is 2.68 bits per heavy atom. The van der Waals surface area contributed by atoms with Crippen LogP contribution in [0.2, 0.25) is 5.02 Å². The number of ether oxygens (including phenoxy) is 1. The number of likely N-dealkylation sites (tertiary alicyclic amines) is 1. The lowest BCUT2D eigenvalue weighted by molar-refractivity contribution is 0.0854. The number of carbonyl (C=O) groups excluding carboxylic acids is 1. The van der Waals surface area contributed by atoms with Crippen molar-refractivity contribution in [1.29, 1.82) is 0 Å². The first-order valence-electron chi connectivity index (χ1n) is 8.21. The zero-order valence-electron chi connectivity index (χ0n) is 14.0. The summed E-state index contributed by atoms with van der Waals surface area (Å²) in [5.41, 5.74) is 2.03. The lowest BCUT2D eigenvalue weighted by Gasteiger charge is -2.38. The predicted octanol–water partition coefficient (Wildman–Crippen LogP) is 3.57. The van der Waals surface area contributed by atoms with Crippen LogP contribution in [0.15, 0.2) is 42.5 Å². The summed E-state index contributed by atoms with van der Waals surface area (Å²) in [4.78, 5) is 13.9. The van der Waals surface area contributed by atoms with Gasteiger partial charge in [0.05, 0.1) is 6.61 Å². The standard InChI is InChI=1S/C19H21ClN2O3/c1-13-8-14(2-7-18(13)20)9-21-19(24)22-10-15(11-22)12-25-17-5-3-16(23)4-6-17/h2-8,15,23H,9-12H2,1H3,(H,21,24). The Kier molecular flexibility index (Phi) is 5.34. The molecule has 1 fully saturated rings. The van der Waals surface area contributed by atoms with Gasteiger partial charge >= 0.3 is 6.03 Å². The molecule has 0 aliphatic carbocycles. The van der Waals surface area contributed by atoms with Gasteiger partial charge in [-0.3, -0.25) is 0 Å². The van der Waals surface area contributed by atoms with Crippen LogP contribution in [-0.2, 0) is 6.54 Å². The average Bonchev–Trinajstić information content (AvgIpc) is 2.56. The molecule has 1 saturated heterocycles. The Bertz CT molecular complexity index is 743. The lowest BCUT2D eigenvalue weighted by atomic mass is 10.0. The molecule has 132 valence electrons. The van der Waals surface area contributed by atoms with Crippen LogP contribution in [-0.4, -0.2) is 35.7 Å². The molecule has 25 heavy (non-hydrogen) atoms. The van der Waals surface area contributed by atoms with Crippen molar-refractivity contribution in [3.8, 4) is 11.5 Å². The fourth-order valence-electron chi connectivity index (χ4n) is 2.70. The topological polar surface area (TPSA) is 61.8 Å². The number of phenols is 1. The van der Waals surface area contributed by atoms with Gasteiger partial charge in [0.2, 0.25) is 0 Å². The maximum Gasteiger partial charge on any atom is 0.317 e. The lowest BCUT2D eigenvalue weighted by Crippen LogP contribution is -2.55. The monoisotopic (exact) mass is 360 g/mol. The van der Waals surface area contributed by atoms with Crippen LogP contribution in [0.5, 0.6) is 11.5 Å². The largest absolute Gasteiger partial charge is 0.508 e. The number of carbonyl (C=O) groups is 1. The van der Waals surface area contributed by atoms with E-state index in [2.05, 4.69) is 5.32 Å². The number of rotatable bonds is 5. The number of hydrogen-bond acceptors (Lipinski definition) is 3. The van der Waals surface area contributed by atoms with E-state index in [9.17, 15) is 9.90 Å². The van der Waals surface area contributed by atoms with Gasteiger partial charge in [-0.05, 0) is 48.4 Å².